The number of hydrogen-bond donors (Lipinski definition) is 1. The van der Waals surface area contributed by atoms with E-state index in [1.54, 1.807) is 23.2 Å². The molecule has 1 aromatic heterocycles. The molecule has 0 radical (unpaired) electrons. The van der Waals surface area contributed by atoms with Gasteiger partial charge in [-0.05, 0) is 25.0 Å². The highest BCUT2D eigenvalue weighted by Crippen LogP contribution is 2.16. The monoisotopic (exact) mass is 279 g/mol. The highest BCUT2D eigenvalue weighted by molar-refractivity contribution is 5.95. The Morgan fingerprint density at radius 1 is 1.35 bits per heavy atom. The lowest BCUT2D eigenvalue weighted by atomic mass is 10.1. The van der Waals surface area contributed by atoms with Crippen LogP contribution in [0.5, 0.6) is 0 Å². The van der Waals surface area contributed by atoms with Crippen LogP contribution >= 0.6 is 0 Å². The summed E-state index contributed by atoms with van der Waals surface area (Å²) in [6, 6.07) is 3.67. The first kappa shape index (κ1) is 16.4. The van der Waals surface area contributed by atoms with Gasteiger partial charge in [-0.1, -0.05) is 13.8 Å². The fourth-order valence-electron chi connectivity index (χ4n) is 2.25. The Morgan fingerprint density at radius 3 is 2.50 bits per heavy atom. The van der Waals surface area contributed by atoms with Crippen molar-refractivity contribution in [3.63, 3.8) is 0 Å². The molecule has 1 N–H and O–H groups in total. The first-order valence-electron chi connectivity index (χ1n) is 7.10. The molecule has 0 aromatic carbocycles. The van der Waals surface area contributed by atoms with Crippen LogP contribution in [0, 0.1) is 0 Å². The van der Waals surface area contributed by atoms with Crippen LogP contribution in [0.25, 0.3) is 0 Å². The molecule has 1 aromatic rings. The molecular weight excluding hydrogens is 254 g/mol. The van der Waals surface area contributed by atoms with Gasteiger partial charge in [0, 0.05) is 38.4 Å². The molecule has 0 atom stereocenters. The Labute approximate surface area is 121 Å². The summed E-state index contributed by atoms with van der Waals surface area (Å²) in [6.45, 7) is 4.46. The number of aromatic nitrogens is 1. The number of anilines is 1. The van der Waals surface area contributed by atoms with E-state index >= 15 is 0 Å². The molecule has 0 aliphatic rings. The second-order valence-electron chi connectivity index (χ2n) is 4.99. The summed E-state index contributed by atoms with van der Waals surface area (Å²) in [7, 11) is 3.78. The summed E-state index contributed by atoms with van der Waals surface area (Å²) >= 11 is 0. The van der Waals surface area contributed by atoms with Crippen molar-refractivity contribution in [3.05, 3.63) is 23.9 Å². The highest BCUT2D eigenvalue weighted by Gasteiger charge is 2.22. The lowest BCUT2D eigenvalue weighted by Gasteiger charge is -2.30. The largest absolute Gasteiger partial charge is 0.395 e. The normalized spacial score (nSPS) is 10.7. The smallest absolute Gasteiger partial charge is 0.254 e. The number of rotatable bonds is 7. The van der Waals surface area contributed by atoms with E-state index in [4.69, 9.17) is 0 Å². The maximum Gasteiger partial charge on any atom is 0.254 e. The minimum absolute atomic E-state index is 0.0200. The number of aliphatic hydroxyl groups excluding tert-OH is 1. The maximum atomic E-state index is 12.6. The molecule has 0 saturated carbocycles. The van der Waals surface area contributed by atoms with Crippen LogP contribution in [-0.4, -0.2) is 54.2 Å². The molecule has 1 amide bonds. The molecular formula is C15H25N3O2. The summed E-state index contributed by atoms with van der Waals surface area (Å²) in [5, 5.41) is 9.20. The molecule has 0 bridgehead atoms. The fraction of sp³-hybridized carbons (Fsp3) is 0.600. The van der Waals surface area contributed by atoms with Crippen molar-refractivity contribution in [1.29, 1.82) is 0 Å². The van der Waals surface area contributed by atoms with Gasteiger partial charge in [0.1, 0.15) is 5.82 Å². The zero-order chi connectivity index (χ0) is 15.1. The van der Waals surface area contributed by atoms with Gasteiger partial charge >= 0.3 is 0 Å². The van der Waals surface area contributed by atoms with Crippen LogP contribution < -0.4 is 4.90 Å². The highest BCUT2D eigenvalue weighted by atomic mass is 16.3. The van der Waals surface area contributed by atoms with Crippen LogP contribution in [0.15, 0.2) is 18.3 Å². The Morgan fingerprint density at radius 2 is 2.00 bits per heavy atom. The third-order valence-electron chi connectivity index (χ3n) is 3.44. The predicted molar refractivity (Wildman–Crippen MR) is 81.1 cm³/mol. The SMILES string of the molecule is CCC(CC)N(CCO)C(=O)c1ccnc(N(C)C)c1. The second kappa shape index (κ2) is 7.85. The molecule has 0 saturated heterocycles. The van der Waals surface area contributed by atoms with Crippen molar-refractivity contribution in [3.8, 4) is 0 Å². The fourth-order valence-corrected chi connectivity index (χ4v) is 2.25. The molecule has 0 unspecified atom stereocenters. The van der Waals surface area contributed by atoms with Gasteiger partial charge in [0.2, 0.25) is 0 Å². The first-order chi connectivity index (χ1) is 9.54. The summed E-state index contributed by atoms with van der Waals surface area (Å²) in [5.41, 5.74) is 0.615. The van der Waals surface area contributed by atoms with Crippen LogP contribution in [0.4, 0.5) is 5.82 Å². The Bertz CT molecular complexity index is 431. The van der Waals surface area contributed by atoms with E-state index in [0.717, 1.165) is 18.7 Å². The Hall–Kier alpha value is -1.62. The van der Waals surface area contributed by atoms with E-state index in [9.17, 15) is 9.90 Å². The van der Waals surface area contributed by atoms with Gasteiger partial charge in [-0.3, -0.25) is 4.79 Å². The Balaban J connectivity index is 3.02. The molecule has 5 heteroatoms. The molecule has 112 valence electrons. The van der Waals surface area contributed by atoms with Crippen molar-refractivity contribution in [2.24, 2.45) is 0 Å². The van der Waals surface area contributed by atoms with Crippen molar-refractivity contribution in [1.82, 2.24) is 9.88 Å². The second-order valence-corrected chi connectivity index (χ2v) is 4.99. The van der Waals surface area contributed by atoms with Gasteiger partial charge in [-0.2, -0.15) is 0 Å². The average molecular weight is 279 g/mol. The summed E-state index contributed by atoms with van der Waals surface area (Å²) in [6.07, 6.45) is 3.41. The molecule has 0 fully saturated rings. The zero-order valence-corrected chi connectivity index (χ0v) is 12.8. The lowest BCUT2D eigenvalue weighted by molar-refractivity contribution is 0.0622. The molecule has 0 aliphatic heterocycles. The van der Waals surface area contributed by atoms with E-state index in [1.165, 1.54) is 0 Å². The molecule has 0 aliphatic carbocycles. The van der Waals surface area contributed by atoms with Gasteiger partial charge < -0.3 is 14.9 Å². The van der Waals surface area contributed by atoms with Crippen molar-refractivity contribution >= 4 is 11.7 Å². The van der Waals surface area contributed by atoms with Crippen molar-refractivity contribution < 1.29 is 9.90 Å². The summed E-state index contributed by atoms with van der Waals surface area (Å²) < 4.78 is 0. The van der Waals surface area contributed by atoms with E-state index in [0.29, 0.717) is 12.1 Å². The first-order valence-corrected chi connectivity index (χ1v) is 7.10. The van der Waals surface area contributed by atoms with Crippen LogP contribution in [0.3, 0.4) is 0 Å². The summed E-state index contributed by atoms with van der Waals surface area (Å²) in [5.74, 6) is 0.711. The van der Waals surface area contributed by atoms with Gasteiger partial charge in [-0.25, -0.2) is 4.98 Å². The van der Waals surface area contributed by atoms with Crippen LogP contribution in [0.2, 0.25) is 0 Å². The number of pyridine rings is 1. The van der Waals surface area contributed by atoms with E-state index < -0.39 is 0 Å². The molecule has 5 nitrogen and oxygen atoms in total. The van der Waals surface area contributed by atoms with Crippen molar-refractivity contribution in [2.75, 3.05) is 32.1 Å². The van der Waals surface area contributed by atoms with Crippen LogP contribution in [-0.2, 0) is 0 Å². The quantitative estimate of drug-likeness (QED) is 0.826. The zero-order valence-electron chi connectivity index (χ0n) is 12.8. The minimum Gasteiger partial charge on any atom is -0.395 e. The third-order valence-corrected chi connectivity index (χ3v) is 3.44. The molecule has 20 heavy (non-hydrogen) atoms. The molecule has 1 rings (SSSR count). The number of carbonyl (C=O) groups is 1. The average Bonchev–Trinajstić information content (AvgIpc) is 2.47. The lowest BCUT2D eigenvalue weighted by Crippen LogP contribution is -2.41. The number of amides is 1. The minimum atomic E-state index is -0.0433. The number of nitrogens with zero attached hydrogens (tertiary/aromatic N) is 3. The van der Waals surface area contributed by atoms with Gasteiger partial charge in [-0.15, -0.1) is 0 Å². The summed E-state index contributed by atoms with van der Waals surface area (Å²) in [4.78, 5) is 20.5. The number of aliphatic hydroxyl groups is 1. The van der Waals surface area contributed by atoms with Gasteiger partial charge in [0.25, 0.3) is 5.91 Å². The topological polar surface area (TPSA) is 56.7 Å². The third kappa shape index (κ3) is 3.93. The van der Waals surface area contributed by atoms with E-state index in [2.05, 4.69) is 18.8 Å². The van der Waals surface area contributed by atoms with Crippen LogP contribution in [0.1, 0.15) is 37.0 Å². The van der Waals surface area contributed by atoms with Gasteiger partial charge in [0.05, 0.1) is 6.61 Å². The standard InChI is InChI=1S/C15H25N3O2/c1-5-13(6-2)18(9-10-19)15(20)12-7-8-16-14(11-12)17(3)4/h7-8,11,13,19H,5-6,9-10H2,1-4H3. The predicted octanol–water partition coefficient (Wildman–Crippen LogP) is 1.77. The number of carbonyl (C=O) groups excluding carboxylic acids is 1. The molecule has 1 heterocycles. The molecule has 0 spiro atoms. The van der Waals surface area contributed by atoms with Gasteiger partial charge in [0.15, 0.2) is 0 Å². The Kier molecular flexibility index (Phi) is 6.45. The van der Waals surface area contributed by atoms with E-state index in [1.807, 2.05) is 19.0 Å². The van der Waals surface area contributed by atoms with E-state index in [-0.39, 0.29) is 18.6 Å². The number of hydrogen-bond acceptors (Lipinski definition) is 4. The maximum absolute atomic E-state index is 12.6. The van der Waals surface area contributed by atoms with Crippen molar-refractivity contribution in [2.45, 2.75) is 32.7 Å².